The molecule has 0 saturated carbocycles. The Kier molecular flexibility index (Phi) is 7.08. The average molecular weight is 436 g/mol. The van der Waals surface area contributed by atoms with Gasteiger partial charge in [-0.1, -0.05) is 30.7 Å². The maximum Gasteiger partial charge on any atom is 0.281 e. The van der Waals surface area contributed by atoms with E-state index >= 15 is 0 Å². The molecule has 0 aromatic heterocycles. The van der Waals surface area contributed by atoms with Gasteiger partial charge in [-0.2, -0.15) is 17.0 Å². The van der Waals surface area contributed by atoms with E-state index < -0.39 is 10.2 Å². The van der Waals surface area contributed by atoms with Crippen molar-refractivity contribution in [2.75, 3.05) is 45.8 Å². The number of carbonyl (C=O) groups is 1. The van der Waals surface area contributed by atoms with Gasteiger partial charge in [-0.15, -0.1) is 0 Å². The largest absolute Gasteiger partial charge is 0.350 e. The molecule has 1 aromatic rings. The molecule has 1 aromatic carbocycles. The zero-order valence-electron chi connectivity index (χ0n) is 17.8. The number of quaternary nitrogens is 1. The Bertz CT molecular complexity index is 831. The Morgan fingerprint density at radius 2 is 1.67 bits per heavy atom. The van der Waals surface area contributed by atoms with E-state index in [1.54, 1.807) is 8.61 Å². The van der Waals surface area contributed by atoms with Crippen LogP contribution in [0.25, 0.3) is 0 Å². The van der Waals surface area contributed by atoms with E-state index in [9.17, 15) is 13.2 Å². The molecule has 0 radical (unpaired) electrons. The highest BCUT2D eigenvalue weighted by molar-refractivity contribution is 7.86. The number of benzene rings is 1. The minimum absolute atomic E-state index is 0.0742. The van der Waals surface area contributed by atoms with E-state index in [1.165, 1.54) is 16.0 Å². The number of nitrogens with one attached hydrogen (secondary N) is 2. The summed E-state index contributed by atoms with van der Waals surface area (Å²) in [6, 6.07) is 8.62. The second kappa shape index (κ2) is 9.77. The van der Waals surface area contributed by atoms with Crippen molar-refractivity contribution in [2.45, 2.75) is 45.1 Å². The molecule has 8 heteroatoms. The lowest BCUT2D eigenvalue weighted by Gasteiger charge is -2.35. The number of amides is 1. The molecular formula is C22H35N4O3S+. The molecule has 7 nitrogen and oxygen atoms in total. The second-order valence-electron chi connectivity index (χ2n) is 8.88. The maximum absolute atomic E-state index is 12.8. The lowest BCUT2D eigenvalue weighted by Crippen LogP contribution is -3.12. The third kappa shape index (κ3) is 5.04. The van der Waals surface area contributed by atoms with Crippen molar-refractivity contribution in [2.24, 2.45) is 5.92 Å². The predicted molar refractivity (Wildman–Crippen MR) is 116 cm³/mol. The van der Waals surface area contributed by atoms with E-state index in [0.29, 0.717) is 45.6 Å². The summed E-state index contributed by atoms with van der Waals surface area (Å²) >= 11 is 0. The lowest BCUT2D eigenvalue weighted by molar-refractivity contribution is -0.914. The van der Waals surface area contributed by atoms with Gasteiger partial charge in [-0.25, -0.2) is 0 Å². The fraction of sp³-hybridized carbons (Fsp3) is 0.682. The van der Waals surface area contributed by atoms with Crippen molar-refractivity contribution in [3.63, 3.8) is 0 Å². The molecule has 3 heterocycles. The van der Waals surface area contributed by atoms with Gasteiger partial charge in [-0.3, -0.25) is 4.79 Å². The van der Waals surface area contributed by atoms with Crippen LogP contribution in [0.1, 0.15) is 43.2 Å². The highest BCUT2D eigenvalue weighted by atomic mass is 32.2. The summed E-state index contributed by atoms with van der Waals surface area (Å²) in [6.07, 6.45) is 5.33. The van der Waals surface area contributed by atoms with Gasteiger partial charge in [-0.05, 0) is 31.2 Å². The highest BCUT2D eigenvalue weighted by Crippen LogP contribution is 2.23. The molecule has 30 heavy (non-hydrogen) atoms. The number of piperidine rings is 2. The number of hydrogen-bond donors (Lipinski definition) is 2. The molecule has 3 aliphatic rings. The van der Waals surface area contributed by atoms with Gasteiger partial charge >= 0.3 is 0 Å². The molecule has 1 unspecified atom stereocenters. The van der Waals surface area contributed by atoms with Crippen LogP contribution >= 0.6 is 0 Å². The van der Waals surface area contributed by atoms with Crippen LogP contribution in [0.2, 0.25) is 0 Å². The van der Waals surface area contributed by atoms with Crippen molar-refractivity contribution in [3.8, 4) is 0 Å². The molecule has 3 aliphatic heterocycles. The van der Waals surface area contributed by atoms with Crippen LogP contribution in [0.3, 0.4) is 0 Å². The van der Waals surface area contributed by atoms with Crippen LogP contribution in [0.5, 0.6) is 0 Å². The summed E-state index contributed by atoms with van der Waals surface area (Å²) in [5.41, 5.74) is 2.88. The van der Waals surface area contributed by atoms with Crippen LogP contribution in [-0.4, -0.2) is 68.7 Å². The van der Waals surface area contributed by atoms with Gasteiger partial charge in [0, 0.05) is 44.1 Å². The zero-order valence-corrected chi connectivity index (χ0v) is 18.6. The van der Waals surface area contributed by atoms with E-state index in [0.717, 1.165) is 45.3 Å². The second-order valence-corrected chi connectivity index (χ2v) is 10.8. The molecule has 1 amide bonds. The van der Waals surface area contributed by atoms with E-state index in [1.807, 2.05) is 0 Å². The van der Waals surface area contributed by atoms with Crippen LogP contribution in [0, 0.1) is 5.92 Å². The quantitative estimate of drug-likeness (QED) is 0.670. The van der Waals surface area contributed by atoms with Gasteiger partial charge in [0.15, 0.2) is 0 Å². The number of carbonyl (C=O) groups excluding carboxylic acids is 1. The minimum atomic E-state index is -3.36. The van der Waals surface area contributed by atoms with Gasteiger partial charge in [0.1, 0.15) is 6.54 Å². The van der Waals surface area contributed by atoms with E-state index in [2.05, 4.69) is 29.6 Å². The van der Waals surface area contributed by atoms with Crippen molar-refractivity contribution >= 4 is 16.1 Å². The molecule has 166 valence electrons. The normalized spacial score (nSPS) is 24.3. The first-order valence-electron chi connectivity index (χ1n) is 11.5. The van der Waals surface area contributed by atoms with Crippen molar-refractivity contribution < 1.29 is 18.1 Å². The number of rotatable bonds is 6. The van der Waals surface area contributed by atoms with Gasteiger partial charge in [0.05, 0.1) is 19.6 Å². The highest BCUT2D eigenvalue weighted by Gasteiger charge is 2.35. The van der Waals surface area contributed by atoms with E-state index in [-0.39, 0.29) is 11.8 Å². The maximum atomic E-state index is 12.8. The topological polar surface area (TPSA) is 74.2 Å². The summed E-state index contributed by atoms with van der Waals surface area (Å²) in [4.78, 5) is 14.1. The van der Waals surface area contributed by atoms with Crippen LogP contribution in [0.4, 0.5) is 0 Å². The standard InChI is InChI=1S/C22H34N4O3S/c27-22(23-11-17-24-14-8-19-6-2-3-7-21(19)18-24)20-9-15-26(16-10-20)30(28,29)25-12-4-1-5-13-25/h2-3,6-7,20H,1,4-5,8-18H2,(H,23,27)/p+1. The Labute approximate surface area is 180 Å². The Morgan fingerprint density at radius 1 is 1.00 bits per heavy atom. The summed E-state index contributed by atoms with van der Waals surface area (Å²) in [5.74, 6) is 0.0108. The number of hydrogen-bond acceptors (Lipinski definition) is 3. The third-order valence-corrected chi connectivity index (χ3v) is 8.91. The molecule has 2 saturated heterocycles. The molecule has 2 N–H and O–H groups in total. The first-order chi connectivity index (χ1) is 14.5. The Morgan fingerprint density at radius 3 is 2.40 bits per heavy atom. The first-order valence-corrected chi connectivity index (χ1v) is 12.9. The van der Waals surface area contributed by atoms with Crippen LogP contribution < -0.4 is 10.2 Å². The van der Waals surface area contributed by atoms with E-state index in [4.69, 9.17) is 0 Å². The lowest BCUT2D eigenvalue weighted by atomic mass is 9.97. The van der Waals surface area contributed by atoms with Crippen molar-refractivity contribution in [1.82, 2.24) is 13.9 Å². The molecule has 4 rings (SSSR count). The smallest absolute Gasteiger partial charge is 0.281 e. The Hall–Kier alpha value is -1.48. The summed E-state index contributed by atoms with van der Waals surface area (Å²) in [5, 5.41) is 3.10. The number of fused-ring (bicyclic) bond motifs is 1. The summed E-state index contributed by atoms with van der Waals surface area (Å²) < 4.78 is 28.8. The molecule has 2 fully saturated rings. The molecule has 0 bridgehead atoms. The van der Waals surface area contributed by atoms with Crippen molar-refractivity contribution in [1.29, 1.82) is 0 Å². The Balaban J connectivity index is 1.19. The number of nitrogens with zero attached hydrogens (tertiary/aromatic N) is 2. The summed E-state index contributed by atoms with van der Waals surface area (Å²) in [7, 11) is -3.36. The fourth-order valence-electron chi connectivity index (χ4n) is 4.97. The van der Waals surface area contributed by atoms with Crippen LogP contribution in [-0.2, 0) is 28.0 Å². The van der Waals surface area contributed by atoms with Crippen LogP contribution in [0.15, 0.2) is 24.3 Å². The fourth-order valence-corrected chi connectivity index (χ4v) is 6.69. The van der Waals surface area contributed by atoms with Gasteiger partial charge < -0.3 is 10.2 Å². The third-order valence-electron chi connectivity index (χ3n) is 6.88. The monoisotopic (exact) mass is 435 g/mol. The molecule has 0 spiro atoms. The molecule has 0 aliphatic carbocycles. The van der Waals surface area contributed by atoms with Gasteiger partial charge in [0.25, 0.3) is 10.2 Å². The first kappa shape index (κ1) is 21.7. The predicted octanol–water partition coefficient (Wildman–Crippen LogP) is 0.187. The average Bonchev–Trinajstić information content (AvgIpc) is 2.79. The molecule has 1 atom stereocenters. The summed E-state index contributed by atoms with van der Waals surface area (Å²) in [6.45, 7) is 5.91. The zero-order chi connectivity index (χ0) is 21.0. The SMILES string of the molecule is O=C(NCC[NH+]1CCc2ccccc2C1)C1CCN(S(=O)(=O)N2CCCCC2)CC1. The molecular weight excluding hydrogens is 400 g/mol. The van der Waals surface area contributed by atoms with Crippen molar-refractivity contribution in [3.05, 3.63) is 35.4 Å². The van der Waals surface area contributed by atoms with Gasteiger partial charge in [0.2, 0.25) is 5.91 Å². The minimum Gasteiger partial charge on any atom is -0.350 e.